The van der Waals surface area contributed by atoms with Gasteiger partial charge in [0.05, 0.1) is 18.5 Å². The highest BCUT2D eigenvalue weighted by molar-refractivity contribution is 5.56. The van der Waals surface area contributed by atoms with Crippen molar-refractivity contribution in [1.29, 1.82) is 0 Å². The third kappa shape index (κ3) is 2.10. The van der Waals surface area contributed by atoms with E-state index in [2.05, 4.69) is 15.4 Å². The molecule has 0 bridgehead atoms. The van der Waals surface area contributed by atoms with Crippen molar-refractivity contribution in [2.75, 3.05) is 5.32 Å². The first-order valence-electron chi connectivity index (χ1n) is 5.65. The minimum absolute atomic E-state index is 0.618. The largest absolute Gasteiger partial charge is 0.467 e. The van der Waals surface area contributed by atoms with Gasteiger partial charge >= 0.3 is 0 Å². The van der Waals surface area contributed by atoms with E-state index < -0.39 is 0 Å². The van der Waals surface area contributed by atoms with Crippen LogP contribution in [0.3, 0.4) is 0 Å². The van der Waals surface area contributed by atoms with Crippen LogP contribution in [0.2, 0.25) is 0 Å². The lowest BCUT2D eigenvalue weighted by Crippen LogP contribution is -2.06. The van der Waals surface area contributed by atoms with Crippen molar-refractivity contribution in [2.45, 2.75) is 6.54 Å². The second-order valence-electron chi connectivity index (χ2n) is 3.76. The second-order valence-corrected chi connectivity index (χ2v) is 3.76. The van der Waals surface area contributed by atoms with Crippen LogP contribution in [0.1, 0.15) is 5.76 Å². The maximum atomic E-state index is 5.28. The Morgan fingerprint density at radius 2 is 2.17 bits per heavy atom. The minimum Gasteiger partial charge on any atom is -0.467 e. The Balaban J connectivity index is 1.84. The quantitative estimate of drug-likeness (QED) is 0.761. The zero-order valence-electron chi connectivity index (χ0n) is 9.65. The minimum atomic E-state index is 0.618. The van der Waals surface area contributed by atoms with Gasteiger partial charge in [0.25, 0.3) is 0 Å². The lowest BCUT2D eigenvalue weighted by Gasteiger charge is -2.09. The van der Waals surface area contributed by atoms with E-state index in [9.17, 15) is 0 Å². The fourth-order valence-electron chi connectivity index (χ4n) is 1.71. The average molecular weight is 240 g/mol. The highest BCUT2D eigenvalue weighted by Crippen LogP contribution is 2.17. The first-order valence-corrected chi connectivity index (χ1v) is 5.65. The van der Waals surface area contributed by atoms with Crippen molar-refractivity contribution in [1.82, 2.24) is 14.8 Å². The molecule has 5 nitrogen and oxygen atoms in total. The van der Waals surface area contributed by atoms with Crippen LogP contribution in [0.5, 0.6) is 0 Å². The standard InChI is InChI=1S/C13H12N4O/c1-5-12(15-10-11-4-2-9-18-11)13(14-6-1)17-8-3-7-16-17/h1-9,15H,10H2. The van der Waals surface area contributed by atoms with E-state index in [0.29, 0.717) is 6.54 Å². The summed E-state index contributed by atoms with van der Waals surface area (Å²) < 4.78 is 7.01. The number of hydrogen-bond acceptors (Lipinski definition) is 4. The van der Waals surface area contributed by atoms with Gasteiger partial charge in [0.15, 0.2) is 5.82 Å². The monoisotopic (exact) mass is 240 g/mol. The molecular weight excluding hydrogens is 228 g/mol. The van der Waals surface area contributed by atoms with Crippen LogP contribution in [0.15, 0.2) is 59.6 Å². The molecule has 0 saturated carbocycles. The highest BCUT2D eigenvalue weighted by atomic mass is 16.3. The second kappa shape index (κ2) is 4.75. The van der Waals surface area contributed by atoms with E-state index in [-0.39, 0.29) is 0 Å². The van der Waals surface area contributed by atoms with Crippen LogP contribution in [-0.2, 0) is 6.54 Å². The van der Waals surface area contributed by atoms with Gasteiger partial charge in [-0.1, -0.05) is 0 Å². The molecule has 3 aromatic heterocycles. The third-order valence-corrected chi connectivity index (χ3v) is 2.54. The molecule has 0 aliphatic heterocycles. The molecular formula is C13H12N4O. The molecule has 90 valence electrons. The molecule has 0 aliphatic carbocycles. The molecule has 0 aliphatic rings. The van der Waals surface area contributed by atoms with Crippen molar-refractivity contribution in [3.8, 4) is 5.82 Å². The number of furan rings is 1. The maximum absolute atomic E-state index is 5.28. The molecule has 0 amide bonds. The lowest BCUT2D eigenvalue weighted by molar-refractivity contribution is 0.518. The third-order valence-electron chi connectivity index (χ3n) is 2.54. The van der Waals surface area contributed by atoms with Gasteiger partial charge < -0.3 is 9.73 Å². The molecule has 1 N–H and O–H groups in total. The number of anilines is 1. The molecule has 3 rings (SSSR count). The summed E-state index contributed by atoms with van der Waals surface area (Å²) in [7, 11) is 0. The topological polar surface area (TPSA) is 55.9 Å². The van der Waals surface area contributed by atoms with Crippen molar-refractivity contribution in [3.05, 3.63) is 60.9 Å². The van der Waals surface area contributed by atoms with Gasteiger partial charge in [-0.15, -0.1) is 0 Å². The zero-order chi connectivity index (χ0) is 12.2. The molecule has 0 saturated heterocycles. The maximum Gasteiger partial charge on any atom is 0.176 e. The Morgan fingerprint density at radius 3 is 2.94 bits per heavy atom. The fourth-order valence-corrected chi connectivity index (χ4v) is 1.71. The first kappa shape index (κ1) is 10.6. The number of hydrogen-bond donors (Lipinski definition) is 1. The molecule has 3 aromatic rings. The Hall–Kier alpha value is -2.56. The van der Waals surface area contributed by atoms with E-state index in [0.717, 1.165) is 17.3 Å². The normalized spacial score (nSPS) is 10.4. The Labute approximate surface area is 104 Å². The number of pyridine rings is 1. The summed E-state index contributed by atoms with van der Waals surface area (Å²) in [6.07, 6.45) is 7.00. The molecule has 5 heteroatoms. The molecule has 18 heavy (non-hydrogen) atoms. The first-order chi connectivity index (χ1) is 8.93. The van der Waals surface area contributed by atoms with Gasteiger partial charge in [-0.2, -0.15) is 5.10 Å². The summed E-state index contributed by atoms with van der Waals surface area (Å²) in [5, 5.41) is 7.47. The Morgan fingerprint density at radius 1 is 1.17 bits per heavy atom. The van der Waals surface area contributed by atoms with E-state index in [1.54, 1.807) is 23.3 Å². The molecule has 3 heterocycles. The SMILES string of the molecule is c1coc(CNc2cccnc2-n2cccn2)c1. The number of aromatic nitrogens is 3. The summed E-state index contributed by atoms with van der Waals surface area (Å²) in [6.45, 7) is 0.618. The van der Waals surface area contributed by atoms with Crippen LogP contribution in [0.4, 0.5) is 5.69 Å². The Kier molecular flexibility index (Phi) is 2.79. The molecule has 0 aromatic carbocycles. The summed E-state index contributed by atoms with van der Waals surface area (Å²) >= 11 is 0. The van der Waals surface area contributed by atoms with Crippen molar-refractivity contribution >= 4 is 5.69 Å². The number of rotatable bonds is 4. The van der Waals surface area contributed by atoms with Gasteiger partial charge in [0.2, 0.25) is 0 Å². The molecule has 0 unspecified atom stereocenters. The molecule has 0 fully saturated rings. The van der Waals surface area contributed by atoms with Crippen molar-refractivity contribution in [2.24, 2.45) is 0 Å². The number of nitrogens with zero attached hydrogens (tertiary/aromatic N) is 3. The summed E-state index contributed by atoms with van der Waals surface area (Å²) in [5.41, 5.74) is 0.914. The fraction of sp³-hybridized carbons (Fsp3) is 0.0769. The van der Waals surface area contributed by atoms with Crippen LogP contribution < -0.4 is 5.32 Å². The average Bonchev–Trinajstić information content (AvgIpc) is 3.10. The van der Waals surface area contributed by atoms with Crippen LogP contribution in [0, 0.1) is 0 Å². The number of nitrogens with one attached hydrogen (secondary N) is 1. The van der Waals surface area contributed by atoms with Crippen LogP contribution >= 0.6 is 0 Å². The lowest BCUT2D eigenvalue weighted by atomic mass is 10.3. The highest BCUT2D eigenvalue weighted by Gasteiger charge is 2.05. The zero-order valence-corrected chi connectivity index (χ0v) is 9.65. The van der Waals surface area contributed by atoms with Gasteiger partial charge in [0, 0.05) is 18.6 Å². The van der Waals surface area contributed by atoms with Gasteiger partial charge in [-0.3, -0.25) is 0 Å². The van der Waals surface area contributed by atoms with Gasteiger partial charge in [-0.25, -0.2) is 9.67 Å². The smallest absolute Gasteiger partial charge is 0.176 e. The molecule has 0 radical (unpaired) electrons. The Bertz CT molecular complexity index is 602. The summed E-state index contributed by atoms with van der Waals surface area (Å²) in [5.74, 6) is 1.65. The molecule has 0 atom stereocenters. The van der Waals surface area contributed by atoms with Gasteiger partial charge in [-0.05, 0) is 30.3 Å². The summed E-state index contributed by atoms with van der Waals surface area (Å²) in [6, 6.07) is 9.51. The molecule has 0 spiro atoms. The van der Waals surface area contributed by atoms with E-state index >= 15 is 0 Å². The summed E-state index contributed by atoms with van der Waals surface area (Å²) in [4.78, 5) is 4.33. The van der Waals surface area contributed by atoms with Crippen LogP contribution in [0.25, 0.3) is 5.82 Å². The predicted octanol–water partition coefficient (Wildman–Crippen LogP) is 2.47. The van der Waals surface area contributed by atoms with E-state index in [4.69, 9.17) is 4.42 Å². The van der Waals surface area contributed by atoms with Crippen molar-refractivity contribution in [3.63, 3.8) is 0 Å². The van der Waals surface area contributed by atoms with Crippen LogP contribution in [-0.4, -0.2) is 14.8 Å². The predicted molar refractivity (Wildman–Crippen MR) is 67.4 cm³/mol. The van der Waals surface area contributed by atoms with Crippen molar-refractivity contribution < 1.29 is 4.42 Å². The van der Waals surface area contributed by atoms with E-state index in [1.165, 1.54) is 0 Å². The van der Waals surface area contributed by atoms with E-state index in [1.807, 2.05) is 36.5 Å². The van der Waals surface area contributed by atoms with Gasteiger partial charge in [0.1, 0.15) is 5.76 Å².